The van der Waals surface area contributed by atoms with Gasteiger partial charge in [-0.25, -0.2) is 9.59 Å². The van der Waals surface area contributed by atoms with Crippen molar-refractivity contribution in [2.75, 3.05) is 26.4 Å². The number of nitrogens with zero attached hydrogens (tertiary/aromatic N) is 1. The summed E-state index contributed by atoms with van der Waals surface area (Å²) >= 11 is 0. The first kappa shape index (κ1) is 22.4. The van der Waals surface area contributed by atoms with E-state index in [1.54, 1.807) is 6.92 Å². The first-order valence-electron chi connectivity index (χ1n) is 11.6. The van der Waals surface area contributed by atoms with Gasteiger partial charge in [0.15, 0.2) is 0 Å². The van der Waals surface area contributed by atoms with Crippen molar-refractivity contribution in [3.05, 3.63) is 59.7 Å². The minimum Gasteiger partial charge on any atom is -0.480 e. The van der Waals surface area contributed by atoms with E-state index >= 15 is 0 Å². The van der Waals surface area contributed by atoms with Crippen molar-refractivity contribution in [3.63, 3.8) is 0 Å². The Bertz CT molecular complexity index is 1090. The molecule has 2 aromatic rings. The van der Waals surface area contributed by atoms with E-state index in [1.807, 2.05) is 24.3 Å². The summed E-state index contributed by atoms with van der Waals surface area (Å²) in [5, 5.41) is 12.3. The Morgan fingerprint density at radius 3 is 2.41 bits per heavy atom. The molecular weight excluding hydrogens is 436 g/mol. The molecule has 2 N–H and O–H groups in total. The third kappa shape index (κ3) is 3.72. The largest absolute Gasteiger partial charge is 0.480 e. The number of nitrogens with one attached hydrogen (secondary N) is 1. The van der Waals surface area contributed by atoms with Crippen molar-refractivity contribution in [1.29, 1.82) is 0 Å². The number of amides is 2. The zero-order valence-corrected chi connectivity index (χ0v) is 19.0. The molecule has 0 spiro atoms. The number of carbonyl (C=O) groups excluding carboxylic acids is 2. The number of carboxylic acid groups (broad SMARTS) is 1. The third-order valence-corrected chi connectivity index (χ3v) is 7.38. The second-order valence-corrected chi connectivity index (χ2v) is 9.45. The molecule has 8 heteroatoms. The predicted molar refractivity (Wildman–Crippen MR) is 123 cm³/mol. The highest BCUT2D eigenvalue weighted by atomic mass is 16.5. The number of alkyl carbamates (subject to hydrolysis) is 1. The summed E-state index contributed by atoms with van der Waals surface area (Å²) in [6, 6.07) is 14.8. The molecule has 8 nitrogen and oxygen atoms in total. The molecule has 2 fully saturated rings. The molecule has 0 bridgehead atoms. The highest BCUT2D eigenvalue weighted by Crippen LogP contribution is 2.44. The average molecular weight is 465 g/mol. The van der Waals surface area contributed by atoms with Crippen molar-refractivity contribution in [2.24, 2.45) is 5.41 Å². The van der Waals surface area contributed by atoms with Gasteiger partial charge < -0.3 is 24.8 Å². The minimum atomic E-state index is -1.05. The Labute approximate surface area is 197 Å². The fraction of sp³-hybridized carbons (Fsp3) is 0.423. The van der Waals surface area contributed by atoms with Gasteiger partial charge in [-0.15, -0.1) is 0 Å². The number of fused-ring (bicyclic) bond motifs is 3. The number of hydrogen-bond acceptors (Lipinski definition) is 5. The average Bonchev–Trinajstić information content (AvgIpc) is 3.54. The van der Waals surface area contributed by atoms with Crippen LogP contribution < -0.4 is 5.32 Å². The van der Waals surface area contributed by atoms with Gasteiger partial charge in [0.1, 0.15) is 12.6 Å². The monoisotopic (exact) mass is 464 g/mol. The predicted octanol–water partition coefficient (Wildman–Crippen LogP) is 3.01. The van der Waals surface area contributed by atoms with Gasteiger partial charge in [0.2, 0.25) is 5.91 Å². The molecule has 2 aliphatic heterocycles. The van der Waals surface area contributed by atoms with E-state index in [1.165, 1.54) is 4.90 Å². The number of hydrogen-bond donors (Lipinski definition) is 2. The summed E-state index contributed by atoms with van der Waals surface area (Å²) in [4.78, 5) is 39.1. The molecule has 0 aromatic heterocycles. The zero-order valence-electron chi connectivity index (χ0n) is 19.0. The number of carboxylic acids is 1. The molecule has 178 valence electrons. The second kappa shape index (κ2) is 8.76. The maximum absolute atomic E-state index is 13.3. The van der Waals surface area contributed by atoms with Crippen molar-refractivity contribution in [1.82, 2.24) is 10.2 Å². The maximum atomic E-state index is 13.3. The van der Waals surface area contributed by atoms with Crippen LogP contribution in [0.5, 0.6) is 0 Å². The molecule has 2 saturated heterocycles. The quantitative estimate of drug-likeness (QED) is 0.705. The van der Waals surface area contributed by atoms with Crippen LogP contribution in [0.2, 0.25) is 0 Å². The van der Waals surface area contributed by atoms with E-state index < -0.39 is 29.6 Å². The molecule has 2 amide bonds. The van der Waals surface area contributed by atoms with Gasteiger partial charge in [-0.1, -0.05) is 48.5 Å². The Kier molecular flexibility index (Phi) is 5.77. The fourth-order valence-corrected chi connectivity index (χ4v) is 5.46. The Balaban J connectivity index is 1.26. The molecule has 1 aliphatic carbocycles. The molecule has 2 aromatic carbocycles. The van der Waals surface area contributed by atoms with Crippen LogP contribution in [-0.2, 0) is 19.1 Å². The van der Waals surface area contributed by atoms with Gasteiger partial charge in [-0.05, 0) is 42.0 Å². The van der Waals surface area contributed by atoms with Gasteiger partial charge in [0.25, 0.3) is 0 Å². The molecule has 3 aliphatic rings. The van der Waals surface area contributed by atoms with Crippen molar-refractivity contribution in [2.45, 2.75) is 37.8 Å². The van der Waals surface area contributed by atoms with Crippen LogP contribution in [-0.4, -0.2) is 66.4 Å². The van der Waals surface area contributed by atoms with E-state index in [4.69, 9.17) is 9.47 Å². The van der Waals surface area contributed by atoms with Crippen LogP contribution in [0.3, 0.4) is 0 Å². The minimum absolute atomic E-state index is 0.0630. The maximum Gasteiger partial charge on any atom is 0.407 e. The molecule has 3 unspecified atom stereocenters. The van der Waals surface area contributed by atoms with Crippen molar-refractivity contribution < 1.29 is 29.0 Å². The molecule has 5 rings (SSSR count). The van der Waals surface area contributed by atoms with Crippen LogP contribution in [0.15, 0.2) is 48.5 Å². The summed E-state index contributed by atoms with van der Waals surface area (Å²) in [5.74, 6) is -1.37. The summed E-state index contributed by atoms with van der Waals surface area (Å²) in [5.41, 5.74) is 3.48. The lowest BCUT2D eigenvalue weighted by Crippen LogP contribution is -2.56. The Morgan fingerprint density at radius 2 is 1.76 bits per heavy atom. The SMILES string of the molecule is CC1(C(=O)N2CCCC2C(=O)O)COCC1NC(=O)OCC1c2ccccc2-c2ccccc21. The van der Waals surface area contributed by atoms with Gasteiger partial charge in [-0.2, -0.15) is 0 Å². The third-order valence-electron chi connectivity index (χ3n) is 7.38. The smallest absolute Gasteiger partial charge is 0.407 e. The van der Waals surface area contributed by atoms with Gasteiger partial charge >= 0.3 is 12.1 Å². The Morgan fingerprint density at radius 1 is 1.12 bits per heavy atom. The van der Waals surface area contributed by atoms with Crippen molar-refractivity contribution in [3.8, 4) is 11.1 Å². The van der Waals surface area contributed by atoms with E-state index in [0.717, 1.165) is 22.3 Å². The number of ether oxygens (including phenoxy) is 2. The van der Waals surface area contributed by atoms with Gasteiger partial charge in [0, 0.05) is 12.5 Å². The zero-order chi connectivity index (χ0) is 23.9. The van der Waals surface area contributed by atoms with Crippen molar-refractivity contribution >= 4 is 18.0 Å². The molecule has 34 heavy (non-hydrogen) atoms. The molecule has 2 heterocycles. The van der Waals surface area contributed by atoms with E-state index in [9.17, 15) is 19.5 Å². The van der Waals surface area contributed by atoms with Crippen LogP contribution in [0.4, 0.5) is 4.79 Å². The summed E-state index contributed by atoms with van der Waals surface area (Å²) in [6.45, 7) is 2.56. The first-order chi connectivity index (χ1) is 16.4. The van der Waals surface area contributed by atoms with E-state index in [2.05, 4.69) is 29.6 Å². The lowest BCUT2D eigenvalue weighted by molar-refractivity contribution is -0.153. The number of likely N-dealkylation sites (tertiary alicyclic amines) is 1. The number of carbonyl (C=O) groups is 3. The van der Waals surface area contributed by atoms with E-state index in [-0.39, 0.29) is 31.6 Å². The second-order valence-electron chi connectivity index (χ2n) is 9.45. The molecule has 0 saturated carbocycles. The Hall–Kier alpha value is -3.39. The van der Waals surface area contributed by atoms with Crippen LogP contribution in [0.1, 0.15) is 36.8 Å². The van der Waals surface area contributed by atoms with Gasteiger partial charge in [0.05, 0.1) is 24.7 Å². The van der Waals surface area contributed by atoms with E-state index in [0.29, 0.717) is 19.4 Å². The normalized spacial score (nSPS) is 25.6. The topological polar surface area (TPSA) is 105 Å². The summed E-state index contributed by atoms with van der Waals surface area (Å²) < 4.78 is 11.2. The summed E-state index contributed by atoms with van der Waals surface area (Å²) in [6.07, 6.45) is 0.458. The summed E-state index contributed by atoms with van der Waals surface area (Å²) in [7, 11) is 0. The lowest BCUT2D eigenvalue weighted by Gasteiger charge is -2.34. The lowest BCUT2D eigenvalue weighted by atomic mass is 9.83. The molecule has 0 radical (unpaired) electrons. The number of benzene rings is 2. The highest BCUT2D eigenvalue weighted by Gasteiger charge is 2.51. The van der Waals surface area contributed by atoms with Crippen LogP contribution in [0.25, 0.3) is 11.1 Å². The number of rotatable bonds is 5. The van der Waals surface area contributed by atoms with Crippen LogP contribution in [0, 0.1) is 5.41 Å². The number of aliphatic carboxylic acids is 1. The van der Waals surface area contributed by atoms with Crippen LogP contribution >= 0.6 is 0 Å². The standard InChI is InChI=1S/C26H28N2O6/c1-26(24(31)28-12-6-11-21(28)23(29)30)15-33-14-22(26)27-25(32)34-13-20-18-9-4-2-7-16(18)17-8-3-5-10-19(17)20/h2-5,7-10,20-22H,6,11-15H2,1H3,(H,27,32)(H,29,30). The van der Waals surface area contributed by atoms with Gasteiger partial charge in [-0.3, -0.25) is 4.79 Å². The molecule has 3 atom stereocenters. The highest BCUT2D eigenvalue weighted by molar-refractivity contribution is 5.89. The molecular formula is C26H28N2O6. The fourth-order valence-electron chi connectivity index (χ4n) is 5.46. The first-order valence-corrected chi connectivity index (χ1v) is 11.6.